The summed E-state index contributed by atoms with van der Waals surface area (Å²) in [5.41, 5.74) is 0. The Morgan fingerprint density at radius 3 is 2.50 bits per heavy atom. The van der Waals surface area contributed by atoms with Gasteiger partial charge >= 0.3 is 0 Å². The molecule has 1 heterocycles. The maximum atomic E-state index is 3.59. The van der Waals surface area contributed by atoms with E-state index in [0.717, 1.165) is 18.0 Å². The Labute approximate surface area is 114 Å². The van der Waals surface area contributed by atoms with E-state index in [-0.39, 0.29) is 0 Å². The Kier molecular flexibility index (Phi) is 5.97. The number of hydrogen-bond donors (Lipinski definition) is 1. The fourth-order valence-corrected chi connectivity index (χ4v) is 3.98. The molecule has 1 saturated carbocycles. The van der Waals surface area contributed by atoms with Crippen molar-refractivity contribution in [3.8, 4) is 0 Å². The summed E-state index contributed by atoms with van der Waals surface area (Å²) in [6.45, 7) is 8.58. The van der Waals surface area contributed by atoms with Crippen molar-refractivity contribution in [2.24, 2.45) is 5.92 Å². The maximum Gasteiger partial charge on any atom is 0.0224 e. The van der Waals surface area contributed by atoms with E-state index in [2.05, 4.69) is 24.1 Å². The summed E-state index contributed by atoms with van der Waals surface area (Å²) >= 11 is 0. The quantitative estimate of drug-likeness (QED) is 0.806. The Balaban J connectivity index is 1.93. The van der Waals surface area contributed by atoms with Crippen LogP contribution in [0, 0.1) is 5.92 Å². The molecule has 1 aliphatic heterocycles. The van der Waals surface area contributed by atoms with Crippen LogP contribution in [-0.4, -0.2) is 36.6 Å². The average molecular weight is 252 g/mol. The summed E-state index contributed by atoms with van der Waals surface area (Å²) in [5.74, 6) is 0.965. The number of piperidine rings is 1. The molecule has 0 aromatic carbocycles. The van der Waals surface area contributed by atoms with Gasteiger partial charge in [0.25, 0.3) is 0 Å². The zero-order valence-corrected chi connectivity index (χ0v) is 12.5. The minimum absolute atomic E-state index is 0.801. The van der Waals surface area contributed by atoms with Crippen molar-refractivity contribution in [2.45, 2.75) is 77.3 Å². The predicted molar refractivity (Wildman–Crippen MR) is 78.9 cm³/mol. The van der Waals surface area contributed by atoms with Gasteiger partial charge in [-0.2, -0.15) is 0 Å². The highest BCUT2D eigenvalue weighted by atomic mass is 15.2. The molecule has 2 rings (SSSR count). The van der Waals surface area contributed by atoms with E-state index in [1.54, 1.807) is 0 Å². The SMILES string of the molecule is CCCN(C1CCCNC1)C(C)C1CCCCC1. The monoisotopic (exact) mass is 252 g/mol. The lowest BCUT2D eigenvalue weighted by Gasteiger charge is -2.43. The lowest BCUT2D eigenvalue weighted by Crippen LogP contribution is -2.52. The first-order valence-electron chi connectivity index (χ1n) is 8.29. The van der Waals surface area contributed by atoms with Gasteiger partial charge in [0.05, 0.1) is 0 Å². The van der Waals surface area contributed by atoms with Gasteiger partial charge in [0, 0.05) is 18.6 Å². The third-order valence-electron chi connectivity index (χ3n) is 5.08. The van der Waals surface area contributed by atoms with Gasteiger partial charge in [0.1, 0.15) is 0 Å². The van der Waals surface area contributed by atoms with Gasteiger partial charge in [-0.25, -0.2) is 0 Å². The van der Waals surface area contributed by atoms with Crippen LogP contribution < -0.4 is 5.32 Å². The zero-order chi connectivity index (χ0) is 12.8. The number of hydrogen-bond acceptors (Lipinski definition) is 2. The lowest BCUT2D eigenvalue weighted by molar-refractivity contribution is 0.0720. The molecular formula is C16H32N2. The van der Waals surface area contributed by atoms with Crippen molar-refractivity contribution in [3.63, 3.8) is 0 Å². The van der Waals surface area contributed by atoms with Crippen LogP contribution in [-0.2, 0) is 0 Å². The van der Waals surface area contributed by atoms with E-state index >= 15 is 0 Å². The molecule has 18 heavy (non-hydrogen) atoms. The third-order valence-corrected chi connectivity index (χ3v) is 5.08. The predicted octanol–water partition coefficient (Wildman–Crippen LogP) is 3.42. The maximum absolute atomic E-state index is 3.59. The van der Waals surface area contributed by atoms with E-state index in [1.165, 1.54) is 71.0 Å². The summed E-state index contributed by atoms with van der Waals surface area (Å²) < 4.78 is 0. The van der Waals surface area contributed by atoms with Gasteiger partial charge < -0.3 is 5.32 Å². The summed E-state index contributed by atoms with van der Waals surface area (Å²) in [4.78, 5) is 2.84. The van der Waals surface area contributed by atoms with Crippen LogP contribution in [0.3, 0.4) is 0 Å². The molecule has 2 fully saturated rings. The second-order valence-electron chi connectivity index (χ2n) is 6.38. The standard InChI is InChI=1S/C16H32N2/c1-3-12-18(16-10-7-11-17-13-16)14(2)15-8-5-4-6-9-15/h14-17H,3-13H2,1-2H3. The van der Waals surface area contributed by atoms with E-state index < -0.39 is 0 Å². The second-order valence-corrected chi connectivity index (χ2v) is 6.38. The summed E-state index contributed by atoms with van der Waals surface area (Å²) in [6.07, 6.45) is 11.4. The van der Waals surface area contributed by atoms with Crippen LogP contribution in [0.2, 0.25) is 0 Å². The van der Waals surface area contributed by atoms with Crippen molar-refractivity contribution in [1.29, 1.82) is 0 Å². The average Bonchev–Trinajstić information content (AvgIpc) is 2.46. The summed E-state index contributed by atoms with van der Waals surface area (Å²) in [5, 5.41) is 3.59. The molecule has 106 valence electrons. The fourth-order valence-electron chi connectivity index (χ4n) is 3.98. The van der Waals surface area contributed by atoms with Crippen LogP contribution in [0.15, 0.2) is 0 Å². The molecule has 2 nitrogen and oxygen atoms in total. The van der Waals surface area contributed by atoms with Crippen LogP contribution >= 0.6 is 0 Å². The van der Waals surface area contributed by atoms with Crippen molar-refractivity contribution < 1.29 is 0 Å². The molecule has 0 spiro atoms. The van der Waals surface area contributed by atoms with E-state index in [0.29, 0.717) is 0 Å². The molecule has 2 aliphatic rings. The minimum Gasteiger partial charge on any atom is -0.315 e. The van der Waals surface area contributed by atoms with Crippen LogP contribution in [0.25, 0.3) is 0 Å². The largest absolute Gasteiger partial charge is 0.315 e. The molecule has 2 heteroatoms. The smallest absolute Gasteiger partial charge is 0.0224 e. The lowest BCUT2D eigenvalue weighted by atomic mass is 9.83. The highest BCUT2D eigenvalue weighted by molar-refractivity contribution is 4.85. The Hall–Kier alpha value is -0.0800. The molecule has 2 unspecified atom stereocenters. The second kappa shape index (κ2) is 7.49. The molecule has 1 saturated heterocycles. The molecule has 0 amide bonds. The number of nitrogens with zero attached hydrogens (tertiary/aromatic N) is 1. The summed E-state index contributed by atoms with van der Waals surface area (Å²) in [7, 11) is 0. The van der Waals surface area contributed by atoms with E-state index in [4.69, 9.17) is 0 Å². The molecule has 0 aromatic rings. The molecule has 0 aromatic heterocycles. The van der Waals surface area contributed by atoms with Gasteiger partial charge in [-0.1, -0.05) is 26.2 Å². The molecule has 0 bridgehead atoms. The van der Waals surface area contributed by atoms with Gasteiger partial charge in [0.15, 0.2) is 0 Å². The topological polar surface area (TPSA) is 15.3 Å². The van der Waals surface area contributed by atoms with E-state index in [1.807, 2.05) is 0 Å². The fraction of sp³-hybridized carbons (Fsp3) is 1.00. The molecule has 2 atom stereocenters. The van der Waals surface area contributed by atoms with Gasteiger partial charge in [-0.3, -0.25) is 4.90 Å². The van der Waals surface area contributed by atoms with Gasteiger partial charge in [-0.05, 0) is 58.0 Å². The molecule has 0 radical (unpaired) electrons. The van der Waals surface area contributed by atoms with Crippen LogP contribution in [0.4, 0.5) is 0 Å². The van der Waals surface area contributed by atoms with Crippen molar-refractivity contribution in [3.05, 3.63) is 0 Å². The first-order chi connectivity index (χ1) is 8.83. The van der Waals surface area contributed by atoms with E-state index in [9.17, 15) is 0 Å². The number of rotatable bonds is 5. The molecule has 1 aliphatic carbocycles. The highest BCUT2D eigenvalue weighted by Gasteiger charge is 2.29. The van der Waals surface area contributed by atoms with Crippen LogP contribution in [0.5, 0.6) is 0 Å². The first kappa shape index (κ1) is 14.3. The summed E-state index contributed by atoms with van der Waals surface area (Å²) in [6, 6.07) is 1.60. The minimum atomic E-state index is 0.801. The van der Waals surface area contributed by atoms with Crippen LogP contribution in [0.1, 0.15) is 65.2 Å². The Morgan fingerprint density at radius 2 is 1.89 bits per heavy atom. The molecular weight excluding hydrogens is 220 g/mol. The highest BCUT2D eigenvalue weighted by Crippen LogP contribution is 2.30. The molecule has 1 N–H and O–H groups in total. The van der Waals surface area contributed by atoms with Crippen molar-refractivity contribution in [2.75, 3.05) is 19.6 Å². The van der Waals surface area contributed by atoms with Gasteiger partial charge in [-0.15, -0.1) is 0 Å². The number of nitrogens with one attached hydrogen (secondary N) is 1. The van der Waals surface area contributed by atoms with Crippen molar-refractivity contribution in [1.82, 2.24) is 10.2 Å². The normalized spacial score (nSPS) is 28.5. The van der Waals surface area contributed by atoms with Gasteiger partial charge in [0.2, 0.25) is 0 Å². The van der Waals surface area contributed by atoms with Crippen molar-refractivity contribution >= 4 is 0 Å². The first-order valence-corrected chi connectivity index (χ1v) is 8.29. The third kappa shape index (κ3) is 3.71. The Bertz CT molecular complexity index is 217. The Morgan fingerprint density at radius 1 is 1.11 bits per heavy atom. The zero-order valence-electron chi connectivity index (χ0n) is 12.5.